The average molecular weight is 629 g/mol. The molecule has 1 unspecified atom stereocenters. The third kappa shape index (κ3) is 7.48. The normalized spacial score (nSPS) is 16.4. The van der Waals surface area contributed by atoms with Crippen molar-refractivity contribution >= 4 is 27.7 Å². The Morgan fingerprint density at radius 1 is 1.11 bits per heavy atom. The molecule has 2 N–H and O–H groups in total. The van der Waals surface area contributed by atoms with E-state index >= 15 is 4.39 Å². The molecular formula is C31H45FN8O3S. The predicted octanol–water partition coefficient (Wildman–Crippen LogP) is 4.71. The van der Waals surface area contributed by atoms with Crippen molar-refractivity contribution in [3.05, 3.63) is 41.4 Å². The van der Waals surface area contributed by atoms with Gasteiger partial charge in [-0.1, -0.05) is 5.21 Å². The van der Waals surface area contributed by atoms with Crippen LogP contribution in [0.3, 0.4) is 0 Å². The minimum Gasteiger partial charge on any atom is -0.358 e. The van der Waals surface area contributed by atoms with Crippen molar-refractivity contribution in [3.8, 4) is 11.1 Å². The first-order valence-electron chi connectivity index (χ1n) is 15.3. The molecule has 2 fully saturated rings. The van der Waals surface area contributed by atoms with E-state index in [2.05, 4.69) is 49.8 Å². The van der Waals surface area contributed by atoms with E-state index in [1.54, 1.807) is 16.8 Å². The number of anilines is 1. The molecule has 13 heteroatoms. The molecule has 5 rings (SSSR count). The maximum absolute atomic E-state index is 15.5. The molecule has 0 spiro atoms. The van der Waals surface area contributed by atoms with Crippen LogP contribution in [0, 0.1) is 37.5 Å². The molecular weight excluding hydrogens is 583 g/mol. The van der Waals surface area contributed by atoms with E-state index in [1.165, 1.54) is 10.9 Å². The van der Waals surface area contributed by atoms with E-state index in [0.29, 0.717) is 41.0 Å². The van der Waals surface area contributed by atoms with E-state index in [4.69, 9.17) is 4.74 Å². The Balaban J connectivity index is 1.32. The number of amides is 2. The largest absolute Gasteiger partial charge is 0.358 e. The first-order chi connectivity index (χ1) is 20.8. The molecule has 3 heterocycles. The summed E-state index contributed by atoms with van der Waals surface area (Å²) in [5, 5.41) is 18.3. The molecule has 44 heavy (non-hydrogen) atoms. The fraction of sp³-hybridized carbons (Fsp3) is 0.613. The lowest BCUT2D eigenvalue weighted by Crippen LogP contribution is -2.50. The van der Waals surface area contributed by atoms with Crippen LogP contribution >= 0.6 is 10.0 Å². The fourth-order valence-electron chi connectivity index (χ4n) is 5.80. The molecule has 0 radical (unpaired) electrons. The summed E-state index contributed by atoms with van der Waals surface area (Å²) < 4.78 is 24.7. The van der Waals surface area contributed by atoms with Crippen molar-refractivity contribution in [2.24, 2.45) is 17.8 Å². The van der Waals surface area contributed by atoms with Gasteiger partial charge in [-0.3, -0.25) is 9.59 Å². The molecule has 2 amide bonds. The summed E-state index contributed by atoms with van der Waals surface area (Å²) in [7, 11) is -0.656. The van der Waals surface area contributed by atoms with Gasteiger partial charge in [-0.25, -0.2) is 24.4 Å². The van der Waals surface area contributed by atoms with Gasteiger partial charge in [0, 0.05) is 28.6 Å². The summed E-state index contributed by atoms with van der Waals surface area (Å²) >= 11 is 0. The van der Waals surface area contributed by atoms with Gasteiger partial charge in [-0.15, -0.1) is 5.10 Å². The number of nitrogens with zero attached hydrogens (tertiary/aromatic N) is 6. The minimum atomic E-state index is -0.787. The van der Waals surface area contributed by atoms with E-state index in [-0.39, 0.29) is 24.5 Å². The molecule has 0 aromatic carbocycles. The average Bonchev–Trinajstić information content (AvgIpc) is 3.88. The smallest absolute Gasteiger partial charge is 0.271 e. The zero-order chi connectivity index (χ0) is 31.8. The molecule has 3 aromatic heterocycles. The van der Waals surface area contributed by atoms with Crippen LogP contribution in [0.15, 0.2) is 18.3 Å². The number of nitrogens with one attached hydrogen (secondary N) is 2. The first-order valence-corrected chi connectivity index (χ1v) is 18.3. The summed E-state index contributed by atoms with van der Waals surface area (Å²) in [5.74, 6) is 0.326. The van der Waals surface area contributed by atoms with Crippen LogP contribution in [0.1, 0.15) is 67.4 Å². The fourth-order valence-corrected chi connectivity index (χ4v) is 6.42. The number of carbonyl (C=O) groups excluding carboxylic acids is 2. The molecule has 0 saturated heterocycles. The highest BCUT2D eigenvalue weighted by Gasteiger charge is 2.48. The molecule has 3 aromatic rings. The Kier molecular flexibility index (Phi) is 9.45. The van der Waals surface area contributed by atoms with E-state index < -0.39 is 33.8 Å². The van der Waals surface area contributed by atoms with Crippen molar-refractivity contribution < 1.29 is 18.7 Å². The minimum absolute atomic E-state index is 0.00890. The number of hydrogen-bond acceptors (Lipinski definition) is 7. The van der Waals surface area contributed by atoms with Gasteiger partial charge in [0.2, 0.25) is 11.9 Å². The van der Waals surface area contributed by atoms with Crippen molar-refractivity contribution in [2.75, 3.05) is 36.4 Å². The molecule has 2 aliphatic rings. The van der Waals surface area contributed by atoms with Crippen molar-refractivity contribution in [3.63, 3.8) is 0 Å². The molecule has 1 atom stereocenters. The zero-order valence-corrected chi connectivity index (χ0v) is 27.6. The number of hydrogen-bond donors (Lipinski definition) is 2. The van der Waals surface area contributed by atoms with E-state index in [0.717, 1.165) is 37.1 Å². The van der Waals surface area contributed by atoms with Gasteiger partial charge in [-0.2, -0.15) is 9.49 Å². The molecule has 0 aliphatic heterocycles. The molecule has 240 valence electrons. The van der Waals surface area contributed by atoms with Gasteiger partial charge >= 0.3 is 0 Å². The summed E-state index contributed by atoms with van der Waals surface area (Å²) in [6.45, 7) is 8.46. The van der Waals surface area contributed by atoms with Gasteiger partial charge in [0.15, 0.2) is 0 Å². The SMILES string of the molecule is Cc1nn(COCCS(C)(C)C)c(C)c1-c1ccc(NC(=O)C(NC(=O)c2cnnn2C(C)C)C(C2CC2)C2CC2)nc1F. The Bertz CT molecular complexity index is 1490. The Morgan fingerprint density at radius 3 is 2.39 bits per heavy atom. The standard InChI is InChI=1S/C31H45FN8O3S/c1-18(2)40-24(16-33-38-40)30(41)36-28(27(21-8-9-21)22-10-11-22)31(42)35-25-13-12-23(29(32)34-25)26-19(3)37-39(20(26)4)17-43-14-15-44(5,6)7/h12-13,16,18,21-22,27-28H,8-11,14-15,17H2,1-7H3,(H,36,41)(H,34,35,42). The third-order valence-corrected chi connectivity index (χ3v) is 9.78. The second-order valence-electron chi connectivity index (χ2n) is 13.3. The highest BCUT2D eigenvalue weighted by atomic mass is 32.3. The van der Waals surface area contributed by atoms with E-state index in [9.17, 15) is 9.59 Å². The number of aryl methyl sites for hydroxylation is 1. The highest BCUT2D eigenvalue weighted by molar-refractivity contribution is 8.32. The van der Waals surface area contributed by atoms with Crippen molar-refractivity contribution in [1.29, 1.82) is 0 Å². The Labute approximate surface area is 260 Å². The van der Waals surface area contributed by atoms with Crippen molar-refractivity contribution in [2.45, 2.75) is 72.2 Å². The van der Waals surface area contributed by atoms with Crippen LogP contribution in [0.5, 0.6) is 0 Å². The highest BCUT2D eigenvalue weighted by Crippen LogP contribution is 2.51. The maximum Gasteiger partial charge on any atom is 0.271 e. The lowest BCUT2D eigenvalue weighted by Gasteiger charge is -2.27. The lowest BCUT2D eigenvalue weighted by atomic mass is 9.88. The summed E-state index contributed by atoms with van der Waals surface area (Å²) in [6, 6.07) is 2.35. The quantitative estimate of drug-likeness (QED) is 0.195. The predicted molar refractivity (Wildman–Crippen MR) is 170 cm³/mol. The first kappa shape index (κ1) is 32.1. The summed E-state index contributed by atoms with van der Waals surface area (Å²) in [6.07, 6.45) is 12.3. The lowest BCUT2D eigenvalue weighted by molar-refractivity contribution is -0.119. The van der Waals surface area contributed by atoms with Crippen LogP contribution in [-0.2, 0) is 16.3 Å². The number of halogens is 1. The number of carbonyl (C=O) groups is 2. The zero-order valence-electron chi connectivity index (χ0n) is 26.8. The number of aromatic nitrogens is 6. The Hall–Kier alpha value is -3.32. The van der Waals surface area contributed by atoms with Crippen molar-refractivity contribution in [1.82, 2.24) is 35.1 Å². The Morgan fingerprint density at radius 2 is 1.80 bits per heavy atom. The molecule has 0 bridgehead atoms. The van der Waals surface area contributed by atoms with E-state index in [1.807, 2.05) is 27.7 Å². The van der Waals surface area contributed by atoms with Crippen LogP contribution in [0.2, 0.25) is 0 Å². The van der Waals surface area contributed by atoms with Crippen LogP contribution in [0.25, 0.3) is 11.1 Å². The van der Waals surface area contributed by atoms with Gasteiger partial charge in [-0.05, 0) is 102 Å². The molecule has 2 saturated carbocycles. The number of rotatable bonds is 14. The van der Waals surface area contributed by atoms with Gasteiger partial charge < -0.3 is 15.4 Å². The summed E-state index contributed by atoms with van der Waals surface area (Å²) in [4.78, 5) is 31.2. The number of ether oxygens (including phenoxy) is 1. The van der Waals surface area contributed by atoms with Gasteiger partial charge in [0.25, 0.3) is 5.91 Å². The van der Waals surface area contributed by atoms with Gasteiger partial charge in [0.1, 0.15) is 24.3 Å². The second-order valence-corrected chi connectivity index (χ2v) is 17.9. The maximum atomic E-state index is 15.5. The molecule has 11 nitrogen and oxygen atoms in total. The van der Waals surface area contributed by atoms with Gasteiger partial charge in [0.05, 0.1) is 18.5 Å². The molecule has 2 aliphatic carbocycles. The number of pyridine rings is 1. The second kappa shape index (κ2) is 13.0. The van der Waals surface area contributed by atoms with Crippen LogP contribution in [0.4, 0.5) is 10.2 Å². The monoisotopic (exact) mass is 628 g/mol. The summed E-state index contributed by atoms with van der Waals surface area (Å²) in [5.41, 5.74) is 2.69. The van der Waals surface area contributed by atoms with Crippen LogP contribution < -0.4 is 10.6 Å². The van der Waals surface area contributed by atoms with Crippen LogP contribution in [-0.4, -0.2) is 78.7 Å². The third-order valence-electron chi connectivity index (χ3n) is 8.39. The topological polar surface area (TPSA) is 129 Å².